The molecule has 1 aromatic rings. The first-order chi connectivity index (χ1) is 7.74. The number of pyridine rings is 1. The fraction of sp³-hybridized carbons (Fsp3) is 0.545. The minimum Gasteiger partial charge on any atom is -0.493 e. The number of aliphatic hydroxyl groups is 1. The molecule has 88 valence electrons. The van der Waals surface area contributed by atoms with Crippen LogP contribution in [-0.4, -0.2) is 48.4 Å². The van der Waals surface area contributed by atoms with Gasteiger partial charge in [0.25, 0.3) is 0 Å². The molecule has 0 aromatic carbocycles. The molecule has 0 bridgehead atoms. The molecular formula is C11H16N2O3. The maximum absolute atomic E-state index is 9.21. The number of ether oxygens (including phenoxy) is 2. The Bertz CT molecular complexity index is 364. The van der Waals surface area contributed by atoms with Gasteiger partial charge in [0.05, 0.1) is 20.3 Å². The molecule has 16 heavy (non-hydrogen) atoms. The van der Waals surface area contributed by atoms with Crippen molar-refractivity contribution in [2.75, 3.05) is 27.3 Å². The van der Waals surface area contributed by atoms with E-state index in [9.17, 15) is 5.11 Å². The van der Waals surface area contributed by atoms with E-state index in [1.54, 1.807) is 26.5 Å². The van der Waals surface area contributed by atoms with E-state index in [1.807, 2.05) is 0 Å². The Hall–Kier alpha value is -1.33. The van der Waals surface area contributed by atoms with Crippen LogP contribution >= 0.6 is 0 Å². The van der Waals surface area contributed by atoms with E-state index in [4.69, 9.17) is 9.47 Å². The number of aliphatic hydroxyl groups excluding tert-OH is 1. The summed E-state index contributed by atoms with van der Waals surface area (Å²) >= 11 is 0. The predicted molar refractivity (Wildman–Crippen MR) is 58.6 cm³/mol. The molecule has 1 aromatic heterocycles. The summed E-state index contributed by atoms with van der Waals surface area (Å²) in [5, 5.41) is 9.21. The molecule has 2 heterocycles. The first-order valence-corrected chi connectivity index (χ1v) is 5.21. The first-order valence-electron chi connectivity index (χ1n) is 5.21. The molecule has 0 unspecified atom stereocenters. The lowest BCUT2D eigenvalue weighted by molar-refractivity contribution is -0.00397. The molecule has 0 saturated carbocycles. The van der Waals surface area contributed by atoms with E-state index in [2.05, 4.69) is 9.88 Å². The van der Waals surface area contributed by atoms with Crippen LogP contribution in [-0.2, 0) is 6.54 Å². The van der Waals surface area contributed by atoms with Gasteiger partial charge in [-0.1, -0.05) is 0 Å². The summed E-state index contributed by atoms with van der Waals surface area (Å²) in [6.07, 6.45) is 1.50. The fourth-order valence-corrected chi connectivity index (χ4v) is 1.85. The van der Waals surface area contributed by atoms with Gasteiger partial charge in [-0.3, -0.25) is 9.88 Å². The minimum atomic E-state index is -0.198. The van der Waals surface area contributed by atoms with Crippen molar-refractivity contribution < 1.29 is 14.6 Å². The lowest BCUT2D eigenvalue weighted by Crippen LogP contribution is -2.49. The summed E-state index contributed by atoms with van der Waals surface area (Å²) in [5.41, 5.74) is 0.841. The summed E-state index contributed by atoms with van der Waals surface area (Å²) in [4.78, 5) is 6.38. The van der Waals surface area contributed by atoms with Gasteiger partial charge in [0.2, 0.25) is 0 Å². The summed E-state index contributed by atoms with van der Waals surface area (Å²) in [6.45, 7) is 2.07. The quantitative estimate of drug-likeness (QED) is 0.796. The maximum Gasteiger partial charge on any atom is 0.183 e. The van der Waals surface area contributed by atoms with Gasteiger partial charge in [-0.05, 0) is 0 Å². The second-order valence-electron chi connectivity index (χ2n) is 3.84. The van der Waals surface area contributed by atoms with Crippen molar-refractivity contribution in [2.45, 2.75) is 12.6 Å². The molecule has 1 fully saturated rings. The molecule has 5 heteroatoms. The van der Waals surface area contributed by atoms with Crippen molar-refractivity contribution >= 4 is 0 Å². The lowest BCUT2D eigenvalue weighted by atomic mass is 10.1. The van der Waals surface area contributed by atoms with Gasteiger partial charge in [-0.15, -0.1) is 0 Å². The van der Waals surface area contributed by atoms with Gasteiger partial charge in [-0.2, -0.15) is 0 Å². The van der Waals surface area contributed by atoms with Gasteiger partial charge in [-0.25, -0.2) is 0 Å². The molecule has 1 aliphatic rings. The Kier molecular flexibility index (Phi) is 3.26. The van der Waals surface area contributed by atoms with E-state index >= 15 is 0 Å². The van der Waals surface area contributed by atoms with Crippen LogP contribution in [0.3, 0.4) is 0 Å². The van der Waals surface area contributed by atoms with Crippen molar-refractivity contribution in [1.29, 1.82) is 0 Å². The summed E-state index contributed by atoms with van der Waals surface area (Å²) in [6, 6.07) is 1.77. The van der Waals surface area contributed by atoms with Gasteiger partial charge in [0, 0.05) is 31.9 Å². The van der Waals surface area contributed by atoms with Gasteiger partial charge in [0.15, 0.2) is 11.5 Å². The molecule has 0 atom stereocenters. The summed E-state index contributed by atoms with van der Waals surface area (Å²) in [7, 11) is 3.21. The van der Waals surface area contributed by atoms with Crippen LogP contribution in [0.1, 0.15) is 5.69 Å². The zero-order chi connectivity index (χ0) is 11.5. The maximum atomic E-state index is 9.21. The number of β-amino-alcohol motifs (C(OH)–C–C–N with tert-alkyl or cyclic N) is 1. The smallest absolute Gasteiger partial charge is 0.183 e. The first kappa shape index (κ1) is 11.2. The zero-order valence-electron chi connectivity index (χ0n) is 9.51. The highest BCUT2D eigenvalue weighted by atomic mass is 16.5. The van der Waals surface area contributed by atoms with Crippen LogP contribution in [0.25, 0.3) is 0 Å². The van der Waals surface area contributed by atoms with Crippen LogP contribution < -0.4 is 9.47 Å². The van der Waals surface area contributed by atoms with Crippen molar-refractivity contribution in [3.8, 4) is 11.5 Å². The van der Waals surface area contributed by atoms with Crippen LogP contribution in [0, 0.1) is 0 Å². The number of hydrogen-bond donors (Lipinski definition) is 1. The number of likely N-dealkylation sites (tertiary alicyclic amines) is 1. The third-order valence-electron chi connectivity index (χ3n) is 2.68. The Morgan fingerprint density at radius 1 is 1.44 bits per heavy atom. The molecule has 0 radical (unpaired) electrons. The third kappa shape index (κ3) is 2.10. The molecule has 1 aliphatic heterocycles. The lowest BCUT2D eigenvalue weighted by Gasteiger charge is -2.35. The highest BCUT2D eigenvalue weighted by Crippen LogP contribution is 2.30. The molecule has 1 N–H and O–H groups in total. The van der Waals surface area contributed by atoms with E-state index in [0.29, 0.717) is 31.1 Å². The summed E-state index contributed by atoms with van der Waals surface area (Å²) in [5.74, 6) is 1.36. The average Bonchev–Trinajstić information content (AvgIpc) is 2.26. The fourth-order valence-electron chi connectivity index (χ4n) is 1.85. The second-order valence-corrected chi connectivity index (χ2v) is 3.84. The Labute approximate surface area is 94.6 Å². The van der Waals surface area contributed by atoms with Crippen LogP contribution in [0.2, 0.25) is 0 Å². The molecular weight excluding hydrogens is 208 g/mol. The molecule has 2 rings (SSSR count). The number of hydrogen-bond acceptors (Lipinski definition) is 5. The van der Waals surface area contributed by atoms with Crippen molar-refractivity contribution in [2.24, 2.45) is 0 Å². The second kappa shape index (κ2) is 4.67. The Morgan fingerprint density at radius 2 is 2.19 bits per heavy atom. The van der Waals surface area contributed by atoms with Crippen LogP contribution in [0.4, 0.5) is 0 Å². The van der Waals surface area contributed by atoms with Crippen molar-refractivity contribution in [3.63, 3.8) is 0 Å². The Balaban J connectivity index is 2.13. The minimum absolute atomic E-state index is 0.198. The standard InChI is InChI=1S/C11H16N2O3/c1-15-10-3-4-12-9(11(10)16-2)7-13-5-8(14)6-13/h3-4,8,14H,5-7H2,1-2H3. The van der Waals surface area contributed by atoms with Gasteiger partial charge in [0.1, 0.15) is 5.69 Å². The average molecular weight is 224 g/mol. The molecule has 0 amide bonds. The van der Waals surface area contributed by atoms with Crippen molar-refractivity contribution in [1.82, 2.24) is 9.88 Å². The molecule has 5 nitrogen and oxygen atoms in total. The van der Waals surface area contributed by atoms with E-state index in [0.717, 1.165) is 5.69 Å². The van der Waals surface area contributed by atoms with E-state index < -0.39 is 0 Å². The zero-order valence-corrected chi connectivity index (χ0v) is 9.51. The highest BCUT2D eigenvalue weighted by Gasteiger charge is 2.26. The molecule has 0 spiro atoms. The topological polar surface area (TPSA) is 54.8 Å². The third-order valence-corrected chi connectivity index (χ3v) is 2.68. The van der Waals surface area contributed by atoms with Gasteiger partial charge >= 0.3 is 0 Å². The predicted octanol–water partition coefficient (Wildman–Crippen LogP) is 0.275. The molecule has 0 aliphatic carbocycles. The van der Waals surface area contributed by atoms with Crippen molar-refractivity contribution in [3.05, 3.63) is 18.0 Å². The van der Waals surface area contributed by atoms with E-state index in [1.165, 1.54) is 0 Å². The molecule has 1 saturated heterocycles. The van der Waals surface area contributed by atoms with E-state index in [-0.39, 0.29) is 6.10 Å². The normalized spacial score (nSPS) is 16.9. The van der Waals surface area contributed by atoms with Crippen LogP contribution in [0.15, 0.2) is 12.3 Å². The number of methoxy groups -OCH3 is 2. The SMILES string of the molecule is COc1ccnc(CN2CC(O)C2)c1OC. The number of rotatable bonds is 4. The number of nitrogens with zero attached hydrogens (tertiary/aromatic N) is 2. The highest BCUT2D eigenvalue weighted by molar-refractivity contribution is 5.42. The largest absolute Gasteiger partial charge is 0.493 e. The van der Waals surface area contributed by atoms with Crippen LogP contribution in [0.5, 0.6) is 11.5 Å². The Morgan fingerprint density at radius 3 is 2.75 bits per heavy atom. The number of aromatic nitrogens is 1. The van der Waals surface area contributed by atoms with Gasteiger partial charge < -0.3 is 14.6 Å². The monoisotopic (exact) mass is 224 g/mol. The summed E-state index contributed by atoms with van der Waals surface area (Å²) < 4.78 is 10.5.